The number of nitrogens with zero attached hydrogens (tertiary/aromatic N) is 1. The molecule has 2 nitrogen and oxygen atoms in total. The minimum absolute atomic E-state index is 0.369. The Bertz CT molecular complexity index is 351. The summed E-state index contributed by atoms with van der Waals surface area (Å²) in [5.74, 6) is 0. The van der Waals surface area contributed by atoms with E-state index in [0.29, 0.717) is 6.04 Å². The third kappa shape index (κ3) is 1.32. The van der Waals surface area contributed by atoms with Crippen molar-refractivity contribution in [1.29, 1.82) is 0 Å². The third-order valence-electron chi connectivity index (χ3n) is 3.88. The lowest BCUT2D eigenvalue weighted by Crippen LogP contribution is -2.68. The van der Waals surface area contributed by atoms with Crippen molar-refractivity contribution in [3.63, 3.8) is 0 Å². The van der Waals surface area contributed by atoms with Crippen molar-refractivity contribution < 1.29 is 5.11 Å². The van der Waals surface area contributed by atoms with Gasteiger partial charge >= 0.3 is 0 Å². The number of hydrogen-bond donors (Lipinski definition) is 1. The average Bonchev–Trinajstić information content (AvgIpc) is 2.29. The Balaban J connectivity index is 1.87. The number of fused-ring (bicyclic) bond motifs is 1. The summed E-state index contributed by atoms with van der Waals surface area (Å²) in [4.78, 5) is 2.41. The molecule has 0 aliphatic carbocycles. The van der Waals surface area contributed by atoms with E-state index in [-0.39, 0.29) is 0 Å². The van der Waals surface area contributed by atoms with Gasteiger partial charge in [0.15, 0.2) is 0 Å². The second kappa shape index (κ2) is 3.32. The Labute approximate surface area is 90.5 Å². The van der Waals surface area contributed by atoms with Crippen LogP contribution in [0.4, 0.5) is 0 Å². The van der Waals surface area contributed by atoms with Gasteiger partial charge in [0.1, 0.15) is 5.60 Å². The van der Waals surface area contributed by atoms with E-state index in [9.17, 15) is 5.11 Å². The van der Waals surface area contributed by atoms with E-state index in [1.807, 2.05) is 30.3 Å². The highest BCUT2D eigenvalue weighted by molar-refractivity contribution is 5.29. The molecule has 0 bridgehead atoms. The zero-order valence-corrected chi connectivity index (χ0v) is 8.89. The molecule has 2 saturated heterocycles. The molecule has 2 aliphatic heterocycles. The highest BCUT2D eigenvalue weighted by atomic mass is 16.3. The third-order valence-corrected chi connectivity index (χ3v) is 3.88. The molecule has 15 heavy (non-hydrogen) atoms. The standard InChI is InChI=1S/C13H17NO/c15-13(11-6-2-1-3-7-11)10-14-9-5-4-8-12(13)14/h1-3,6-7,12,15H,4-5,8-10H2/t12-,13+/m1/s1. The van der Waals surface area contributed by atoms with Crippen LogP contribution in [0.3, 0.4) is 0 Å². The highest BCUT2D eigenvalue weighted by Gasteiger charge is 2.52. The van der Waals surface area contributed by atoms with Crippen LogP contribution in [0.1, 0.15) is 24.8 Å². The van der Waals surface area contributed by atoms with Gasteiger partial charge < -0.3 is 5.11 Å². The molecule has 0 aromatic heterocycles. The van der Waals surface area contributed by atoms with Crippen molar-refractivity contribution in [1.82, 2.24) is 4.90 Å². The number of aliphatic hydroxyl groups is 1. The van der Waals surface area contributed by atoms with Gasteiger partial charge in [0, 0.05) is 12.6 Å². The van der Waals surface area contributed by atoms with Crippen LogP contribution in [0.5, 0.6) is 0 Å². The smallest absolute Gasteiger partial charge is 0.118 e. The van der Waals surface area contributed by atoms with Crippen LogP contribution in [0.25, 0.3) is 0 Å². The van der Waals surface area contributed by atoms with E-state index in [1.165, 1.54) is 19.4 Å². The number of benzene rings is 1. The van der Waals surface area contributed by atoms with Crippen molar-refractivity contribution >= 4 is 0 Å². The van der Waals surface area contributed by atoms with Crippen molar-refractivity contribution in [2.24, 2.45) is 0 Å². The van der Waals surface area contributed by atoms with E-state index in [0.717, 1.165) is 18.5 Å². The summed E-state index contributed by atoms with van der Waals surface area (Å²) in [7, 11) is 0. The maximum atomic E-state index is 10.6. The van der Waals surface area contributed by atoms with Crippen LogP contribution in [-0.2, 0) is 5.60 Å². The summed E-state index contributed by atoms with van der Waals surface area (Å²) < 4.78 is 0. The normalized spacial score (nSPS) is 35.7. The van der Waals surface area contributed by atoms with Crippen LogP contribution < -0.4 is 0 Å². The van der Waals surface area contributed by atoms with Gasteiger partial charge in [0.05, 0.1) is 0 Å². The molecule has 2 atom stereocenters. The average molecular weight is 203 g/mol. The summed E-state index contributed by atoms with van der Waals surface area (Å²) in [5.41, 5.74) is 0.523. The SMILES string of the molecule is O[C@]1(c2ccccc2)CN2CCCC[C@@H]21. The van der Waals surface area contributed by atoms with Gasteiger partial charge in [-0.2, -0.15) is 0 Å². The molecule has 0 spiro atoms. The van der Waals surface area contributed by atoms with E-state index >= 15 is 0 Å². The number of hydrogen-bond acceptors (Lipinski definition) is 2. The molecule has 0 saturated carbocycles. The van der Waals surface area contributed by atoms with Crippen LogP contribution >= 0.6 is 0 Å². The summed E-state index contributed by atoms with van der Waals surface area (Å²) in [5, 5.41) is 10.6. The van der Waals surface area contributed by atoms with Crippen molar-refractivity contribution in [3.8, 4) is 0 Å². The fraction of sp³-hybridized carbons (Fsp3) is 0.538. The molecular weight excluding hydrogens is 186 g/mol. The lowest BCUT2D eigenvalue weighted by molar-refractivity contribution is -0.172. The molecule has 2 fully saturated rings. The molecule has 2 heterocycles. The monoisotopic (exact) mass is 203 g/mol. The lowest BCUT2D eigenvalue weighted by Gasteiger charge is -2.57. The van der Waals surface area contributed by atoms with E-state index < -0.39 is 5.60 Å². The highest BCUT2D eigenvalue weighted by Crippen LogP contribution is 2.42. The van der Waals surface area contributed by atoms with Crippen LogP contribution in [0.15, 0.2) is 30.3 Å². The predicted molar refractivity (Wildman–Crippen MR) is 59.6 cm³/mol. The molecule has 1 aromatic carbocycles. The van der Waals surface area contributed by atoms with E-state index in [4.69, 9.17) is 0 Å². The van der Waals surface area contributed by atoms with Gasteiger partial charge in [0.2, 0.25) is 0 Å². The fourth-order valence-corrected chi connectivity index (χ4v) is 3.03. The first kappa shape index (κ1) is 9.37. The number of piperidine rings is 1. The predicted octanol–water partition coefficient (Wildman–Crippen LogP) is 1.74. The Morgan fingerprint density at radius 1 is 1.20 bits per heavy atom. The molecule has 1 aromatic rings. The first-order valence-electron chi connectivity index (χ1n) is 5.83. The Morgan fingerprint density at radius 3 is 2.73 bits per heavy atom. The summed E-state index contributed by atoms with van der Waals surface area (Å²) in [6.07, 6.45) is 3.70. The zero-order valence-electron chi connectivity index (χ0n) is 8.89. The molecule has 0 amide bonds. The molecule has 1 N–H and O–H groups in total. The number of rotatable bonds is 1. The Hall–Kier alpha value is -0.860. The van der Waals surface area contributed by atoms with Gasteiger partial charge in [-0.3, -0.25) is 4.90 Å². The molecule has 0 radical (unpaired) electrons. The zero-order chi connectivity index (χ0) is 10.3. The quantitative estimate of drug-likeness (QED) is 0.751. The largest absolute Gasteiger partial charge is 0.382 e. The topological polar surface area (TPSA) is 23.5 Å². The minimum atomic E-state index is -0.568. The van der Waals surface area contributed by atoms with Gasteiger partial charge in [-0.25, -0.2) is 0 Å². The first-order chi connectivity index (χ1) is 7.31. The molecular formula is C13H17NO. The van der Waals surface area contributed by atoms with Gasteiger partial charge in [0.25, 0.3) is 0 Å². The molecule has 80 valence electrons. The van der Waals surface area contributed by atoms with Crippen LogP contribution in [0, 0.1) is 0 Å². The summed E-state index contributed by atoms with van der Waals surface area (Å²) >= 11 is 0. The lowest BCUT2D eigenvalue weighted by atomic mass is 9.73. The van der Waals surface area contributed by atoms with Crippen LogP contribution in [0.2, 0.25) is 0 Å². The molecule has 0 unspecified atom stereocenters. The fourth-order valence-electron chi connectivity index (χ4n) is 3.03. The van der Waals surface area contributed by atoms with E-state index in [2.05, 4.69) is 4.90 Å². The summed E-state index contributed by atoms with van der Waals surface area (Å²) in [6, 6.07) is 10.5. The van der Waals surface area contributed by atoms with Gasteiger partial charge in [-0.05, 0) is 24.9 Å². The Morgan fingerprint density at radius 2 is 2.00 bits per heavy atom. The molecule has 2 aliphatic rings. The Kier molecular flexibility index (Phi) is 2.08. The maximum Gasteiger partial charge on any atom is 0.118 e. The maximum absolute atomic E-state index is 10.6. The minimum Gasteiger partial charge on any atom is -0.382 e. The van der Waals surface area contributed by atoms with Gasteiger partial charge in [-0.1, -0.05) is 36.8 Å². The second-order valence-corrected chi connectivity index (χ2v) is 4.77. The second-order valence-electron chi connectivity index (χ2n) is 4.77. The van der Waals surface area contributed by atoms with Crippen LogP contribution in [-0.4, -0.2) is 29.1 Å². The van der Waals surface area contributed by atoms with Crippen molar-refractivity contribution in [3.05, 3.63) is 35.9 Å². The van der Waals surface area contributed by atoms with E-state index in [1.54, 1.807) is 0 Å². The first-order valence-corrected chi connectivity index (χ1v) is 5.83. The summed E-state index contributed by atoms with van der Waals surface area (Å²) in [6.45, 7) is 1.99. The van der Waals surface area contributed by atoms with Crippen molar-refractivity contribution in [2.75, 3.05) is 13.1 Å². The van der Waals surface area contributed by atoms with Crippen molar-refractivity contribution in [2.45, 2.75) is 30.9 Å². The molecule has 3 rings (SSSR count). The van der Waals surface area contributed by atoms with Gasteiger partial charge in [-0.15, -0.1) is 0 Å². The molecule has 2 heteroatoms.